The second kappa shape index (κ2) is 8.87. The van der Waals surface area contributed by atoms with Gasteiger partial charge in [-0.1, -0.05) is 0 Å². The van der Waals surface area contributed by atoms with Crippen molar-refractivity contribution in [3.63, 3.8) is 0 Å². The SMILES string of the molecule is CSCC[C@H](NC(=O)C(O)C[Se]C)C(=O)O. The minimum atomic E-state index is -1.08. The number of hydrogen-bond donors (Lipinski definition) is 3. The van der Waals surface area contributed by atoms with E-state index in [1.165, 1.54) is 11.8 Å². The fourth-order valence-electron chi connectivity index (χ4n) is 0.995. The minimum absolute atomic E-state index is 0.189. The molecule has 2 atom stereocenters. The quantitative estimate of drug-likeness (QED) is 0.542. The van der Waals surface area contributed by atoms with Gasteiger partial charge in [-0.3, -0.25) is 0 Å². The normalized spacial score (nSPS) is 14.2. The van der Waals surface area contributed by atoms with E-state index in [-0.39, 0.29) is 15.0 Å². The molecule has 5 nitrogen and oxygen atoms in total. The zero-order valence-corrected chi connectivity index (χ0v) is 11.8. The molecule has 0 aromatic heterocycles. The molecule has 0 saturated heterocycles. The Balaban J connectivity index is 4.17. The van der Waals surface area contributed by atoms with Crippen LogP contribution in [0.15, 0.2) is 0 Å². The molecule has 16 heavy (non-hydrogen) atoms. The van der Waals surface area contributed by atoms with Crippen molar-refractivity contribution in [2.45, 2.75) is 29.7 Å². The summed E-state index contributed by atoms with van der Waals surface area (Å²) in [6.07, 6.45) is 1.16. The molecule has 3 N–H and O–H groups in total. The Hall–Kier alpha value is -0.231. The van der Waals surface area contributed by atoms with E-state index in [9.17, 15) is 14.7 Å². The molecule has 0 aliphatic carbocycles. The Morgan fingerprint density at radius 3 is 2.56 bits per heavy atom. The summed E-state index contributed by atoms with van der Waals surface area (Å²) in [7, 11) is 0. The molecule has 94 valence electrons. The molecule has 0 rings (SSSR count). The fraction of sp³-hybridized carbons (Fsp3) is 0.778. The summed E-state index contributed by atoms with van der Waals surface area (Å²) in [6, 6.07) is -0.904. The Morgan fingerprint density at radius 1 is 1.50 bits per heavy atom. The van der Waals surface area contributed by atoms with Gasteiger partial charge in [-0.25, -0.2) is 0 Å². The van der Waals surface area contributed by atoms with Crippen LogP contribution in [0, 0.1) is 0 Å². The van der Waals surface area contributed by atoms with E-state index < -0.39 is 24.0 Å². The van der Waals surface area contributed by atoms with Gasteiger partial charge in [-0.2, -0.15) is 0 Å². The van der Waals surface area contributed by atoms with E-state index in [1.807, 2.05) is 12.1 Å². The van der Waals surface area contributed by atoms with E-state index in [4.69, 9.17) is 5.11 Å². The number of carboxylic acids is 1. The third-order valence-corrected chi connectivity index (χ3v) is 3.86. The number of rotatable bonds is 8. The maximum atomic E-state index is 11.4. The molecule has 0 radical (unpaired) electrons. The number of carbonyl (C=O) groups is 2. The molecule has 0 aromatic rings. The molecule has 0 heterocycles. The van der Waals surface area contributed by atoms with Crippen LogP contribution in [0.25, 0.3) is 0 Å². The molecule has 0 spiro atoms. The zero-order chi connectivity index (χ0) is 12.6. The molecular formula is C9H17NO4SSe. The molecule has 1 amide bonds. The molecule has 0 fully saturated rings. The van der Waals surface area contributed by atoms with E-state index in [0.717, 1.165) is 0 Å². The van der Waals surface area contributed by atoms with Gasteiger partial charge in [0.05, 0.1) is 0 Å². The standard InChI is InChI=1S/C9H17NO4SSe/c1-15-4-3-6(9(13)14)10-8(12)7(11)5-16-2/h6-7,11H,3-5H2,1-2H3,(H,10,12)(H,13,14)/t6-,7?/m0/s1. The number of nitrogens with one attached hydrogen (secondary N) is 1. The van der Waals surface area contributed by atoms with Gasteiger partial charge in [-0.15, -0.1) is 0 Å². The average molecular weight is 314 g/mol. The van der Waals surface area contributed by atoms with Crippen molar-refractivity contribution in [2.75, 3.05) is 12.0 Å². The van der Waals surface area contributed by atoms with Gasteiger partial charge in [0.25, 0.3) is 0 Å². The Kier molecular flexibility index (Phi) is 8.74. The first-order chi connectivity index (χ1) is 7.52. The van der Waals surface area contributed by atoms with E-state index in [0.29, 0.717) is 17.5 Å². The van der Waals surface area contributed by atoms with Gasteiger partial charge in [-0.05, 0) is 0 Å². The van der Waals surface area contributed by atoms with Crippen molar-refractivity contribution in [2.24, 2.45) is 0 Å². The monoisotopic (exact) mass is 315 g/mol. The van der Waals surface area contributed by atoms with Crippen LogP contribution >= 0.6 is 11.8 Å². The summed E-state index contributed by atoms with van der Waals surface area (Å²) < 4.78 is 0. The Morgan fingerprint density at radius 2 is 2.12 bits per heavy atom. The molecule has 1 unspecified atom stereocenters. The average Bonchev–Trinajstić information content (AvgIpc) is 2.23. The van der Waals surface area contributed by atoms with Gasteiger partial charge >= 0.3 is 105 Å². The van der Waals surface area contributed by atoms with Gasteiger partial charge < -0.3 is 0 Å². The summed E-state index contributed by atoms with van der Waals surface area (Å²) in [4.78, 5) is 22.2. The number of aliphatic hydroxyl groups is 1. The van der Waals surface area contributed by atoms with Crippen molar-refractivity contribution < 1.29 is 19.8 Å². The summed E-state index contributed by atoms with van der Waals surface area (Å²) in [5.41, 5.74) is 0. The molecule has 7 heteroatoms. The number of aliphatic carboxylic acids is 1. The van der Waals surface area contributed by atoms with Crippen molar-refractivity contribution >= 4 is 38.6 Å². The van der Waals surface area contributed by atoms with Crippen molar-refractivity contribution in [1.82, 2.24) is 5.32 Å². The van der Waals surface area contributed by atoms with Crippen LogP contribution in [-0.2, 0) is 9.59 Å². The number of thioether (sulfide) groups is 1. The third-order valence-electron chi connectivity index (χ3n) is 1.85. The Bertz CT molecular complexity index is 240. The van der Waals surface area contributed by atoms with Crippen LogP contribution < -0.4 is 5.32 Å². The van der Waals surface area contributed by atoms with Gasteiger partial charge in [0.1, 0.15) is 0 Å². The fourth-order valence-corrected chi connectivity index (χ4v) is 2.45. The second-order valence-corrected chi connectivity index (χ2v) is 6.05. The van der Waals surface area contributed by atoms with Crippen LogP contribution in [0.2, 0.25) is 11.1 Å². The number of amides is 1. The molecular weight excluding hydrogens is 297 g/mol. The van der Waals surface area contributed by atoms with Gasteiger partial charge in [0.2, 0.25) is 0 Å². The third kappa shape index (κ3) is 6.37. The first-order valence-electron chi connectivity index (χ1n) is 4.72. The van der Waals surface area contributed by atoms with E-state index in [1.54, 1.807) is 0 Å². The summed E-state index contributed by atoms with van der Waals surface area (Å²) in [5.74, 6) is 0.922. The van der Waals surface area contributed by atoms with Crippen LogP contribution in [0.4, 0.5) is 0 Å². The van der Waals surface area contributed by atoms with Gasteiger partial charge in [0.15, 0.2) is 0 Å². The van der Waals surface area contributed by atoms with Crippen molar-refractivity contribution in [1.29, 1.82) is 0 Å². The summed E-state index contributed by atoms with van der Waals surface area (Å²) in [5, 5.41) is 21.0. The summed E-state index contributed by atoms with van der Waals surface area (Å²) in [6.45, 7) is 0. The Labute approximate surface area is 106 Å². The number of hydrogen-bond acceptors (Lipinski definition) is 4. The summed E-state index contributed by atoms with van der Waals surface area (Å²) >= 11 is 1.71. The number of aliphatic hydroxyl groups excluding tert-OH is 1. The maximum absolute atomic E-state index is 11.4. The van der Waals surface area contributed by atoms with Gasteiger partial charge in [0, 0.05) is 0 Å². The second-order valence-electron chi connectivity index (χ2n) is 3.15. The molecule has 0 aliphatic rings. The van der Waals surface area contributed by atoms with Crippen molar-refractivity contribution in [3.05, 3.63) is 0 Å². The molecule has 0 aromatic carbocycles. The van der Waals surface area contributed by atoms with Crippen LogP contribution in [0.1, 0.15) is 6.42 Å². The first-order valence-corrected chi connectivity index (χ1v) is 9.03. The zero-order valence-electron chi connectivity index (χ0n) is 9.30. The first kappa shape index (κ1) is 15.8. The van der Waals surface area contributed by atoms with E-state index >= 15 is 0 Å². The number of carbonyl (C=O) groups excluding carboxylic acids is 1. The molecule has 0 bridgehead atoms. The predicted octanol–water partition coefficient (Wildman–Crippen LogP) is -0.160. The van der Waals surface area contributed by atoms with E-state index in [2.05, 4.69) is 5.32 Å². The van der Waals surface area contributed by atoms with Crippen LogP contribution in [0.3, 0.4) is 0 Å². The topological polar surface area (TPSA) is 86.6 Å². The number of carboxylic acid groups (broad SMARTS) is 1. The van der Waals surface area contributed by atoms with Crippen LogP contribution in [-0.4, -0.2) is 61.2 Å². The molecule has 0 saturated carbocycles. The van der Waals surface area contributed by atoms with Crippen LogP contribution in [0.5, 0.6) is 0 Å². The molecule has 0 aliphatic heterocycles. The predicted molar refractivity (Wildman–Crippen MR) is 65.0 cm³/mol. The van der Waals surface area contributed by atoms with Crippen molar-refractivity contribution in [3.8, 4) is 0 Å².